The van der Waals surface area contributed by atoms with E-state index in [0.29, 0.717) is 0 Å². The topological polar surface area (TPSA) is 24.1 Å². The first-order valence-electron chi connectivity index (χ1n) is 5.62. The van der Waals surface area contributed by atoms with Crippen LogP contribution in [0.3, 0.4) is 0 Å². The average molecular weight is 186 g/mol. The summed E-state index contributed by atoms with van der Waals surface area (Å²) in [6.07, 6.45) is 2.65. The lowest BCUT2D eigenvalue weighted by Crippen LogP contribution is -2.32. The molecule has 2 atom stereocenters. The van der Waals surface area contributed by atoms with E-state index in [1.54, 1.807) is 0 Å². The first-order chi connectivity index (χ1) is 6.20. The highest BCUT2D eigenvalue weighted by Crippen LogP contribution is 2.13. The molecule has 0 saturated heterocycles. The number of hydrogen-bond acceptors (Lipinski definition) is 2. The van der Waals surface area contributed by atoms with Crippen molar-refractivity contribution in [1.29, 1.82) is 0 Å². The molecule has 0 aliphatic rings. The number of nitrogens with one attached hydrogen (secondary N) is 2. The SMILES string of the molecule is CCNCNCC(C)CC(C)CC. The fraction of sp³-hybridized carbons (Fsp3) is 1.00. The van der Waals surface area contributed by atoms with E-state index in [2.05, 4.69) is 38.3 Å². The predicted molar refractivity (Wildman–Crippen MR) is 59.8 cm³/mol. The minimum Gasteiger partial charge on any atom is -0.305 e. The van der Waals surface area contributed by atoms with E-state index in [0.717, 1.165) is 31.6 Å². The van der Waals surface area contributed by atoms with Gasteiger partial charge in [-0.3, -0.25) is 0 Å². The predicted octanol–water partition coefficient (Wildman–Crippen LogP) is 2.22. The third kappa shape index (κ3) is 8.26. The summed E-state index contributed by atoms with van der Waals surface area (Å²) in [5.41, 5.74) is 0. The summed E-state index contributed by atoms with van der Waals surface area (Å²) in [4.78, 5) is 0. The fourth-order valence-electron chi connectivity index (χ4n) is 1.47. The highest BCUT2D eigenvalue weighted by molar-refractivity contribution is 4.60. The molecule has 80 valence electrons. The van der Waals surface area contributed by atoms with Crippen molar-refractivity contribution in [2.45, 2.75) is 40.5 Å². The minimum atomic E-state index is 0.800. The van der Waals surface area contributed by atoms with Gasteiger partial charge in [0, 0.05) is 6.67 Å². The molecule has 0 saturated carbocycles. The molecule has 2 N–H and O–H groups in total. The Labute approximate surface area is 83.5 Å². The Morgan fingerprint density at radius 2 is 1.69 bits per heavy atom. The zero-order chi connectivity index (χ0) is 10.1. The van der Waals surface area contributed by atoms with Crippen LogP contribution < -0.4 is 10.6 Å². The smallest absolute Gasteiger partial charge is 0.0454 e. The van der Waals surface area contributed by atoms with E-state index in [1.807, 2.05) is 0 Å². The molecular formula is C11H26N2. The van der Waals surface area contributed by atoms with E-state index in [4.69, 9.17) is 0 Å². The van der Waals surface area contributed by atoms with Gasteiger partial charge in [-0.2, -0.15) is 0 Å². The Bertz CT molecular complexity index is 104. The molecule has 0 spiro atoms. The van der Waals surface area contributed by atoms with Crippen LogP contribution in [0.15, 0.2) is 0 Å². The molecule has 2 heteroatoms. The van der Waals surface area contributed by atoms with Gasteiger partial charge in [-0.05, 0) is 31.3 Å². The van der Waals surface area contributed by atoms with Gasteiger partial charge in [0.1, 0.15) is 0 Å². The van der Waals surface area contributed by atoms with Gasteiger partial charge in [0.25, 0.3) is 0 Å². The van der Waals surface area contributed by atoms with Crippen molar-refractivity contribution in [3.05, 3.63) is 0 Å². The van der Waals surface area contributed by atoms with Gasteiger partial charge < -0.3 is 10.6 Å². The van der Waals surface area contributed by atoms with E-state index in [9.17, 15) is 0 Å². The highest BCUT2D eigenvalue weighted by atomic mass is 15.0. The van der Waals surface area contributed by atoms with Gasteiger partial charge in [0.2, 0.25) is 0 Å². The van der Waals surface area contributed by atoms with Crippen molar-refractivity contribution in [1.82, 2.24) is 10.6 Å². The van der Waals surface area contributed by atoms with Crippen LogP contribution in [0.5, 0.6) is 0 Å². The lowest BCUT2D eigenvalue weighted by atomic mass is 9.95. The molecule has 0 fully saturated rings. The summed E-state index contributed by atoms with van der Waals surface area (Å²) in [7, 11) is 0. The second-order valence-electron chi connectivity index (χ2n) is 4.09. The second kappa shape index (κ2) is 8.52. The number of rotatable bonds is 8. The normalized spacial score (nSPS) is 15.7. The summed E-state index contributed by atoms with van der Waals surface area (Å²) in [6, 6.07) is 0. The van der Waals surface area contributed by atoms with Crippen LogP contribution in [0.1, 0.15) is 40.5 Å². The lowest BCUT2D eigenvalue weighted by molar-refractivity contribution is 0.384. The summed E-state index contributed by atoms with van der Waals surface area (Å²) >= 11 is 0. The maximum Gasteiger partial charge on any atom is 0.0454 e. The van der Waals surface area contributed by atoms with Gasteiger partial charge in [0.15, 0.2) is 0 Å². The Morgan fingerprint density at radius 1 is 1.00 bits per heavy atom. The molecule has 2 nitrogen and oxygen atoms in total. The van der Waals surface area contributed by atoms with Crippen LogP contribution in [-0.4, -0.2) is 19.8 Å². The Morgan fingerprint density at radius 3 is 2.23 bits per heavy atom. The first kappa shape index (κ1) is 12.9. The quantitative estimate of drug-likeness (QED) is 0.448. The Balaban J connectivity index is 3.24. The molecule has 0 heterocycles. The molecule has 0 amide bonds. The van der Waals surface area contributed by atoms with Crippen LogP contribution in [-0.2, 0) is 0 Å². The summed E-state index contributed by atoms with van der Waals surface area (Å²) < 4.78 is 0. The molecule has 13 heavy (non-hydrogen) atoms. The third-order valence-electron chi connectivity index (χ3n) is 2.49. The van der Waals surface area contributed by atoms with Crippen LogP contribution in [0.4, 0.5) is 0 Å². The van der Waals surface area contributed by atoms with Gasteiger partial charge in [-0.25, -0.2) is 0 Å². The zero-order valence-corrected chi connectivity index (χ0v) is 9.69. The maximum absolute atomic E-state index is 3.40. The van der Waals surface area contributed by atoms with Crippen molar-refractivity contribution < 1.29 is 0 Å². The zero-order valence-electron chi connectivity index (χ0n) is 9.69. The van der Waals surface area contributed by atoms with Gasteiger partial charge in [-0.1, -0.05) is 34.1 Å². The summed E-state index contributed by atoms with van der Waals surface area (Å²) in [6.45, 7) is 12.2. The first-order valence-corrected chi connectivity index (χ1v) is 5.62. The summed E-state index contributed by atoms with van der Waals surface area (Å²) in [5.74, 6) is 1.67. The molecule has 0 aromatic carbocycles. The van der Waals surface area contributed by atoms with Crippen molar-refractivity contribution >= 4 is 0 Å². The van der Waals surface area contributed by atoms with Crippen LogP contribution in [0.2, 0.25) is 0 Å². The molecule has 0 radical (unpaired) electrons. The minimum absolute atomic E-state index is 0.800. The van der Waals surface area contributed by atoms with Crippen molar-refractivity contribution in [3.8, 4) is 0 Å². The molecular weight excluding hydrogens is 160 g/mol. The molecule has 0 aromatic rings. The van der Waals surface area contributed by atoms with Crippen LogP contribution >= 0.6 is 0 Å². The van der Waals surface area contributed by atoms with Gasteiger partial charge >= 0.3 is 0 Å². The molecule has 0 aliphatic carbocycles. The number of hydrogen-bond donors (Lipinski definition) is 2. The Hall–Kier alpha value is -0.0800. The van der Waals surface area contributed by atoms with E-state index in [-0.39, 0.29) is 0 Å². The third-order valence-corrected chi connectivity index (χ3v) is 2.49. The van der Waals surface area contributed by atoms with Crippen molar-refractivity contribution in [2.24, 2.45) is 11.8 Å². The van der Waals surface area contributed by atoms with Gasteiger partial charge in [0.05, 0.1) is 0 Å². The van der Waals surface area contributed by atoms with Gasteiger partial charge in [-0.15, -0.1) is 0 Å². The second-order valence-corrected chi connectivity index (χ2v) is 4.09. The standard InChI is InChI=1S/C11H26N2/c1-5-10(3)7-11(4)8-13-9-12-6-2/h10-13H,5-9H2,1-4H3. The molecule has 0 aromatic heterocycles. The largest absolute Gasteiger partial charge is 0.305 e. The molecule has 0 aliphatic heterocycles. The lowest BCUT2D eigenvalue weighted by Gasteiger charge is -2.16. The van der Waals surface area contributed by atoms with Crippen LogP contribution in [0.25, 0.3) is 0 Å². The fourth-order valence-corrected chi connectivity index (χ4v) is 1.47. The molecule has 0 rings (SSSR count). The monoisotopic (exact) mass is 186 g/mol. The summed E-state index contributed by atoms with van der Waals surface area (Å²) in [5, 5.41) is 6.66. The molecule has 2 unspecified atom stereocenters. The van der Waals surface area contributed by atoms with E-state index >= 15 is 0 Å². The van der Waals surface area contributed by atoms with E-state index < -0.39 is 0 Å². The molecule has 0 bridgehead atoms. The Kier molecular flexibility index (Phi) is 8.46. The maximum atomic E-state index is 3.40. The van der Waals surface area contributed by atoms with Crippen LogP contribution in [0, 0.1) is 11.8 Å². The van der Waals surface area contributed by atoms with E-state index in [1.165, 1.54) is 12.8 Å². The van der Waals surface area contributed by atoms with Crippen molar-refractivity contribution in [3.63, 3.8) is 0 Å². The highest BCUT2D eigenvalue weighted by Gasteiger charge is 2.05. The average Bonchev–Trinajstić information content (AvgIpc) is 2.12. The van der Waals surface area contributed by atoms with Crippen molar-refractivity contribution in [2.75, 3.05) is 19.8 Å².